The molecule has 0 amide bonds. The Hall–Kier alpha value is -0.380. The summed E-state index contributed by atoms with van der Waals surface area (Å²) >= 11 is 1.85. The fourth-order valence-corrected chi connectivity index (χ4v) is 2.29. The van der Waals surface area contributed by atoms with E-state index in [1.54, 1.807) is 0 Å². The SMILES string of the molecule is CCCC(N)CNCc1ccc(C)s1. The van der Waals surface area contributed by atoms with Gasteiger partial charge in [-0.2, -0.15) is 0 Å². The van der Waals surface area contributed by atoms with Gasteiger partial charge < -0.3 is 11.1 Å². The maximum absolute atomic E-state index is 5.89. The van der Waals surface area contributed by atoms with E-state index in [1.165, 1.54) is 16.2 Å². The van der Waals surface area contributed by atoms with E-state index in [4.69, 9.17) is 5.73 Å². The van der Waals surface area contributed by atoms with E-state index in [0.29, 0.717) is 6.04 Å². The molecule has 1 aromatic heterocycles. The highest BCUT2D eigenvalue weighted by atomic mass is 32.1. The molecule has 3 heteroatoms. The van der Waals surface area contributed by atoms with Crippen LogP contribution < -0.4 is 11.1 Å². The van der Waals surface area contributed by atoms with Crippen LogP contribution in [0.1, 0.15) is 29.5 Å². The fraction of sp³-hybridized carbons (Fsp3) is 0.636. The lowest BCUT2D eigenvalue weighted by atomic mass is 10.2. The highest BCUT2D eigenvalue weighted by molar-refractivity contribution is 7.11. The second-order valence-electron chi connectivity index (χ2n) is 3.69. The molecular formula is C11H20N2S. The van der Waals surface area contributed by atoms with Crippen molar-refractivity contribution in [2.45, 2.75) is 39.3 Å². The second kappa shape index (κ2) is 6.17. The van der Waals surface area contributed by atoms with Gasteiger partial charge in [-0.05, 0) is 25.5 Å². The van der Waals surface area contributed by atoms with Crippen LogP contribution in [0.2, 0.25) is 0 Å². The van der Waals surface area contributed by atoms with E-state index in [-0.39, 0.29) is 0 Å². The minimum absolute atomic E-state index is 0.307. The summed E-state index contributed by atoms with van der Waals surface area (Å²) in [6, 6.07) is 4.65. The van der Waals surface area contributed by atoms with Gasteiger partial charge in [-0.15, -0.1) is 11.3 Å². The van der Waals surface area contributed by atoms with Crippen LogP contribution in [0.4, 0.5) is 0 Å². The number of hydrogen-bond donors (Lipinski definition) is 2. The average molecular weight is 212 g/mol. The Morgan fingerprint density at radius 1 is 1.50 bits per heavy atom. The van der Waals surface area contributed by atoms with Crippen LogP contribution in [0.3, 0.4) is 0 Å². The monoisotopic (exact) mass is 212 g/mol. The Morgan fingerprint density at radius 2 is 2.29 bits per heavy atom. The molecule has 0 aliphatic heterocycles. The van der Waals surface area contributed by atoms with Crippen molar-refractivity contribution >= 4 is 11.3 Å². The molecule has 1 unspecified atom stereocenters. The highest BCUT2D eigenvalue weighted by Crippen LogP contribution is 2.14. The summed E-state index contributed by atoms with van der Waals surface area (Å²) in [4.78, 5) is 2.77. The number of nitrogens with one attached hydrogen (secondary N) is 1. The first-order valence-electron chi connectivity index (χ1n) is 5.24. The van der Waals surface area contributed by atoms with Crippen molar-refractivity contribution in [3.63, 3.8) is 0 Å². The van der Waals surface area contributed by atoms with Crippen LogP contribution >= 0.6 is 11.3 Å². The lowest BCUT2D eigenvalue weighted by Gasteiger charge is -2.10. The largest absolute Gasteiger partial charge is 0.327 e. The molecule has 0 saturated heterocycles. The van der Waals surface area contributed by atoms with Gasteiger partial charge in [0.05, 0.1) is 0 Å². The molecule has 0 radical (unpaired) electrons. The summed E-state index contributed by atoms with van der Waals surface area (Å²) in [5.74, 6) is 0. The van der Waals surface area contributed by atoms with Crippen molar-refractivity contribution in [2.75, 3.05) is 6.54 Å². The number of aryl methyl sites for hydroxylation is 1. The number of hydrogen-bond acceptors (Lipinski definition) is 3. The third-order valence-electron chi connectivity index (χ3n) is 2.16. The Balaban J connectivity index is 2.15. The van der Waals surface area contributed by atoms with Crippen LogP contribution in [0.25, 0.3) is 0 Å². The van der Waals surface area contributed by atoms with E-state index in [9.17, 15) is 0 Å². The fourth-order valence-electron chi connectivity index (χ4n) is 1.43. The molecule has 14 heavy (non-hydrogen) atoms. The molecule has 0 fully saturated rings. The summed E-state index contributed by atoms with van der Waals surface area (Å²) in [5, 5.41) is 3.38. The molecule has 3 N–H and O–H groups in total. The van der Waals surface area contributed by atoms with E-state index < -0.39 is 0 Å². The van der Waals surface area contributed by atoms with Crippen molar-refractivity contribution < 1.29 is 0 Å². The normalized spacial score (nSPS) is 13.1. The van der Waals surface area contributed by atoms with Gasteiger partial charge in [0.15, 0.2) is 0 Å². The van der Waals surface area contributed by atoms with Crippen LogP contribution in [0.15, 0.2) is 12.1 Å². The van der Waals surface area contributed by atoms with Crippen molar-refractivity contribution in [2.24, 2.45) is 5.73 Å². The average Bonchev–Trinajstić information content (AvgIpc) is 2.52. The Morgan fingerprint density at radius 3 is 2.86 bits per heavy atom. The molecule has 1 heterocycles. The van der Waals surface area contributed by atoms with Crippen molar-refractivity contribution in [1.29, 1.82) is 0 Å². The van der Waals surface area contributed by atoms with Crippen LogP contribution in [-0.2, 0) is 6.54 Å². The first-order chi connectivity index (χ1) is 6.72. The van der Waals surface area contributed by atoms with Crippen molar-refractivity contribution in [1.82, 2.24) is 5.32 Å². The van der Waals surface area contributed by atoms with E-state index in [2.05, 4.69) is 31.3 Å². The van der Waals surface area contributed by atoms with Gasteiger partial charge >= 0.3 is 0 Å². The molecule has 2 nitrogen and oxygen atoms in total. The molecule has 1 aromatic rings. The minimum atomic E-state index is 0.307. The summed E-state index contributed by atoms with van der Waals surface area (Å²) in [6.45, 7) is 6.18. The summed E-state index contributed by atoms with van der Waals surface area (Å²) in [7, 11) is 0. The third-order valence-corrected chi connectivity index (χ3v) is 3.16. The number of thiophene rings is 1. The molecular weight excluding hydrogens is 192 g/mol. The van der Waals surface area contributed by atoms with Gasteiger partial charge in [-0.3, -0.25) is 0 Å². The Labute approximate surface area is 90.5 Å². The smallest absolute Gasteiger partial charge is 0.0300 e. The van der Waals surface area contributed by atoms with Crippen LogP contribution in [0, 0.1) is 6.92 Å². The molecule has 0 saturated carbocycles. The zero-order valence-electron chi connectivity index (χ0n) is 9.05. The maximum Gasteiger partial charge on any atom is 0.0300 e. The lowest BCUT2D eigenvalue weighted by Crippen LogP contribution is -2.33. The quantitative estimate of drug-likeness (QED) is 0.759. The van der Waals surface area contributed by atoms with Gasteiger partial charge in [-0.25, -0.2) is 0 Å². The van der Waals surface area contributed by atoms with Gasteiger partial charge in [0, 0.05) is 28.9 Å². The molecule has 0 aliphatic rings. The minimum Gasteiger partial charge on any atom is -0.327 e. The molecule has 0 bridgehead atoms. The maximum atomic E-state index is 5.89. The number of nitrogens with two attached hydrogens (primary N) is 1. The predicted molar refractivity (Wildman–Crippen MR) is 63.6 cm³/mol. The zero-order valence-corrected chi connectivity index (χ0v) is 9.86. The van der Waals surface area contributed by atoms with E-state index in [1.807, 2.05) is 11.3 Å². The zero-order chi connectivity index (χ0) is 10.4. The van der Waals surface area contributed by atoms with E-state index >= 15 is 0 Å². The van der Waals surface area contributed by atoms with Gasteiger partial charge in [-0.1, -0.05) is 13.3 Å². The van der Waals surface area contributed by atoms with Gasteiger partial charge in [0.1, 0.15) is 0 Å². The first kappa shape index (κ1) is 11.7. The number of rotatable bonds is 6. The van der Waals surface area contributed by atoms with Crippen molar-refractivity contribution in [3.05, 3.63) is 21.9 Å². The van der Waals surface area contributed by atoms with E-state index in [0.717, 1.165) is 19.5 Å². The van der Waals surface area contributed by atoms with Gasteiger partial charge in [0.2, 0.25) is 0 Å². The topological polar surface area (TPSA) is 38.0 Å². The standard InChI is InChI=1S/C11H20N2S/c1-3-4-10(12)7-13-8-11-6-5-9(2)14-11/h5-6,10,13H,3-4,7-8,12H2,1-2H3. The summed E-state index contributed by atoms with van der Waals surface area (Å²) in [6.07, 6.45) is 2.28. The Bertz CT molecular complexity index is 258. The van der Waals surface area contributed by atoms with Crippen LogP contribution in [-0.4, -0.2) is 12.6 Å². The van der Waals surface area contributed by atoms with Crippen LogP contribution in [0.5, 0.6) is 0 Å². The predicted octanol–water partition coefficient (Wildman–Crippen LogP) is 2.27. The third kappa shape index (κ3) is 4.22. The molecule has 1 rings (SSSR count). The molecule has 0 aromatic carbocycles. The molecule has 80 valence electrons. The molecule has 0 spiro atoms. The van der Waals surface area contributed by atoms with Crippen molar-refractivity contribution in [3.8, 4) is 0 Å². The summed E-state index contributed by atoms with van der Waals surface area (Å²) in [5.41, 5.74) is 5.89. The lowest BCUT2D eigenvalue weighted by molar-refractivity contribution is 0.540. The Kier molecular flexibility index (Phi) is 5.15. The summed E-state index contributed by atoms with van der Waals surface area (Å²) < 4.78 is 0. The highest BCUT2D eigenvalue weighted by Gasteiger charge is 2.00. The molecule has 0 aliphatic carbocycles. The molecule has 1 atom stereocenters. The van der Waals surface area contributed by atoms with Gasteiger partial charge in [0.25, 0.3) is 0 Å². The second-order valence-corrected chi connectivity index (χ2v) is 5.06. The first-order valence-corrected chi connectivity index (χ1v) is 6.05.